The molecule has 2 aromatic carbocycles. The van der Waals surface area contributed by atoms with E-state index >= 15 is 0 Å². The van der Waals surface area contributed by atoms with E-state index in [1.165, 1.54) is 47.4 Å². The van der Waals surface area contributed by atoms with Gasteiger partial charge in [-0.25, -0.2) is 13.8 Å². The third-order valence-corrected chi connectivity index (χ3v) is 6.62. The minimum atomic E-state index is -0.319. The van der Waals surface area contributed by atoms with Crippen LogP contribution in [-0.2, 0) is 4.79 Å². The Morgan fingerprint density at radius 2 is 1.70 bits per heavy atom. The van der Waals surface area contributed by atoms with Crippen molar-refractivity contribution in [1.29, 1.82) is 0 Å². The van der Waals surface area contributed by atoms with E-state index in [-0.39, 0.29) is 35.7 Å². The zero-order valence-electron chi connectivity index (χ0n) is 16.8. The van der Waals surface area contributed by atoms with Gasteiger partial charge in [0.1, 0.15) is 11.6 Å². The smallest absolute Gasteiger partial charge is 0.239 e. The van der Waals surface area contributed by atoms with Crippen molar-refractivity contribution in [3.63, 3.8) is 0 Å². The van der Waals surface area contributed by atoms with E-state index in [1.807, 2.05) is 0 Å². The highest BCUT2D eigenvalue weighted by molar-refractivity contribution is 8.00. The topological polar surface area (TPSA) is 36.4 Å². The molecule has 1 heterocycles. The lowest BCUT2D eigenvalue weighted by Crippen LogP contribution is -2.39. The first kappa shape index (κ1) is 24.5. The number of hydrogen-bond donors (Lipinski definition) is 0. The van der Waals surface area contributed by atoms with Crippen molar-refractivity contribution in [2.45, 2.75) is 18.7 Å². The summed E-state index contributed by atoms with van der Waals surface area (Å²) in [4.78, 5) is 22.3. The molecule has 9 heteroatoms. The summed E-state index contributed by atoms with van der Waals surface area (Å²) in [6.07, 6.45) is 0. The number of carbonyl (C=O) groups is 1. The van der Waals surface area contributed by atoms with E-state index in [2.05, 4.69) is 23.7 Å². The summed E-state index contributed by atoms with van der Waals surface area (Å²) in [6, 6.07) is 10.5. The second kappa shape index (κ2) is 11.6. The summed E-state index contributed by atoms with van der Waals surface area (Å²) in [6.45, 7) is 7.19. The van der Waals surface area contributed by atoms with Crippen molar-refractivity contribution in [2.75, 3.05) is 36.8 Å². The van der Waals surface area contributed by atoms with Crippen molar-refractivity contribution in [1.82, 2.24) is 9.88 Å². The molecule has 3 aromatic rings. The summed E-state index contributed by atoms with van der Waals surface area (Å²) in [5.41, 5.74) is 0.679. The van der Waals surface area contributed by atoms with Crippen LogP contribution in [-0.4, -0.2) is 47.7 Å². The van der Waals surface area contributed by atoms with Crippen molar-refractivity contribution in [3.8, 4) is 0 Å². The van der Waals surface area contributed by atoms with Crippen molar-refractivity contribution >= 4 is 56.8 Å². The molecule has 0 aliphatic heterocycles. The van der Waals surface area contributed by atoms with Crippen LogP contribution in [0.3, 0.4) is 0 Å². The summed E-state index contributed by atoms with van der Waals surface area (Å²) in [5, 5.41) is 0.572. The normalized spacial score (nSPS) is 11.0. The number of halogens is 3. The maximum Gasteiger partial charge on any atom is 0.239 e. The number of likely N-dealkylation sites (N-methyl/N-ethyl adjacent to an activating group) is 1. The molecule has 0 aliphatic rings. The van der Waals surface area contributed by atoms with Crippen LogP contribution in [0.25, 0.3) is 10.2 Å². The highest BCUT2D eigenvalue weighted by atomic mass is 35.5. The first-order valence-corrected chi connectivity index (χ1v) is 11.3. The Balaban J connectivity index is 0.00000320. The van der Waals surface area contributed by atoms with E-state index < -0.39 is 0 Å². The van der Waals surface area contributed by atoms with Gasteiger partial charge in [0, 0.05) is 18.0 Å². The quantitative estimate of drug-likeness (QED) is 0.388. The Bertz CT molecular complexity index is 965. The van der Waals surface area contributed by atoms with Crippen molar-refractivity contribution < 1.29 is 13.6 Å². The summed E-state index contributed by atoms with van der Waals surface area (Å²) < 4.78 is 27.3. The third kappa shape index (κ3) is 6.38. The van der Waals surface area contributed by atoms with E-state index in [9.17, 15) is 13.6 Å². The lowest BCUT2D eigenvalue weighted by atomic mass is 10.3. The molecule has 0 bridgehead atoms. The van der Waals surface area contributed by atoms with E-state index in [0.29, 0.717) is 21.9 Å². The van der Waals surface area contributed by atoms with E-state index in [4.69, 9.17) is 0 Å². The van der Waals surface area contributed by atoms with Gasteiger partial charge < -0.3 is 4.90 Å². The molecule has 0 fully saturated rings. The minimum absolute atomic E-state index is 0. The lowest BCUT2D eigenvalue weighted by molar-refractivity contribution is -0.116. The monoisotopic (exact) mass is 471 g/mol. The van der Waals surface area contributed by atoms with Crippen LogP contribution in [0.5, 0.6) is 0 Å². The number of amides is 1. The van der Waals surface area contributed by atoms with Gasteiger partial charge in [0.25, 0.3) is 0 Å². The van der Waals surface area contributed by atoms with Crippen molar-refractivity contribution in [3.05, 3.63) is 54.1 Å². The molecule has 1 amide bonds. The molecular formula is C21H24ClF2N3OS2. The van der Waals surface area contributed by atoms with Crippen LogP contribution in [0, 0.1) is 11.6 Å². The summed E-state index contributed by atoms with van der Waals surface area (Å²) in [7, 11) is 0. The first-order chi connectivity index (χ1) is 14.0. The summed E-state index contributed by atoms with van der Waals surface area (Å²) >= 11 is 2.68. The number of hydrogen-bond acceptors (Lipinski definition) is 5. The van der Waals surface area contributed by atoms with Gasteiger partial charge in [-0.1, -0.05) is 25.2 Å². The van der Waals surface area contributed by atoms with Crippen LogP contribution in [0.15, 0.2) is 47.4 Å². The molecule has 30 heavy (non-hydrogen) atoms. The standard InChI is InChI=1S/C21H23F2N3OS2.ClH/c1-3-25(4-2)11-12-26(20(27)14-28-17-8-5-15(22)6-9-17)21-24-18-10-7-16(23)13-19(18)29-21;/h5-10,13H,3-4,11-12,14H2,1-2H3;1H. The van der Waals surface area contributed by atoms with Gasteiger partial charge in [-0.05, 0) is 55.6 Å². The fraction of sp³-hybridized carbons (Fsp3) is 0.333. The number of thiazole rings is 1. The Labute approximate surface area is 189 Å². The number of carbonyl (C=O) groups excluding carboxylic acids is 1. The van der Waals surface area contributed by atoms with E-state index in [0.717, 1.165) is 24.5 Å². The molecule has 0 aliphatic carbocycles. The zero-order chi connectivity index (χ0) is 20.8. The predicted molar refractivity (Wildman–Crippen MR) is 124 cm³/mol. The molecule has 0 radical (unpaired) electrons. The number of fused-ring (bicyclic) bond motifs is 1. The molecule has 0 spiro atoms. The maximum absolute atomic E-state index is 13.5. The van der Waals surface area contributed by atoms with Gasteiger partial charge in [0.05, 0.1) is 16.0 Å². The molecular weight excluding hydrogens is 448 g/mol. The van der Waals surface area contributed by atoms with Gasteiger partial charge in [-0.15, -0.1) is 24.2 Å². The van der Waals surface area contributed by atoms with Gasteiger partial charge in [-0.2, -0.15) is 0 Å². The minimum Gasteiger partial charge on any atom is -0.302 e. The number of thioether (sulfide) groups is 1. The average Bonchev–Trinajstić information content (AvgIpc) is 3.13. The van der Waals surface area contributed by atoms with Crippen LogP contribution in [0.1, 0.15) is 13.8 Å². The highest BCUT2D eigenvalue weighted by Gasteiger charge is 2.21. The Kier molecular flexibility index (Phi) is 9.48. The maximum atomic E-state index is 13.5. The Morgan fingerprint density at radius 1 is 1.03 bits per heavy atom. The van der Waals surface area contributed by atoms with Crippen LogP contribution < -0.4 is 4.90 Å². The average molecular weight is 472 g/mol. The van der Waals surface area contributed by atoms with Gasteiger partial charge in [-0.3, -0.25) is 9.69 Å². The number of rotatable bonds is 9. The molecule has 0 N–H and O–H groups in total. The van der Waals surface area contributed by atoms with E-state index in [1.54, 1.807) is 23.1 Å². The Morgan fingerprint density at radius 3 is 2.37 bits per heavy atom. The second-order valence-corrected chi connectivity index (χ2v) is 8.48. The van der Waals surface area contributed by atoms with Gasteiger partial charge >= 0.3 is 0 Å². The van der Waals surface area contributed by atoms with Crippen LogP contribution in [0.4, 0.5) is 13.9 Å². The van der Waals surface area contributed by atoms with Crippen LogP contribution in [0.2, 0.25) is 0 Å². The molecule has 0 unspecified atom stereocenters. The number of nitrogens with zero attached hydrogens (tertiary/aromatic N) is 3. The lowest BCUT2D eigenvalue weighted by Gasteiger charge is -2.24. The highest BCUT2D eigenvalue weighted by Crippen LogP contribution is 2.30. The second-order valence-electron chi connectivity index (χ2n) is 6.42. The molecule has 0 saturated heterocycles. The van der Waals surface area contributed by atoms with Gasteiger partial charge in [0.2, 0.25) is 5.91 Å². The molecule has 1 aromatic heterocycles. The molecule has 0 saturated carbocycles. The molecule has 4 nitrogen and oxygen atoms in total. The molecule has 3 rings (SSSR count). The fourth-order valence-corrected chi connectivity index (χ4v) is 4.67. The molecule has 0 atom stereocenters. The SMILES string of the molecule is CCN(CC)CCN(C(=O)CSc1ccc(F)cc1)c1nc2ccc(F)cc2s1.Cl. The Hall–Kier alpha value is -1.74. The largest absolute Gasteiger partial charge is 0.302 e. The third-order valence-electron chi connectivity index (χ3n) is 4.58. The number of benzene rings is 2. The van der Waals surface area contributed by atoms with Crippen LogP contribution >= 0.6 is 35.5 Å². The summed E-state index contributed by atoms with van der Waals surface area (Å²) in [5.74, 6) is -0.483. The van der Waals surface area contributed by atoms with Gasteiger partial charge in [0.15, 0.2) is 5.13 Å². The number of aromatic nitrogens is 1. The predicted octanol–water partition coefficient (Wildman–Crippen LogP) is 5.46. The molecule has 162 valence electrons. The fourth-order valence-electron chi connectivity index (χ4n) is 2.86. The van der Waals surface area contributed by atoms with Crippen molar-refractivity contribution in [2.24, 2.45) is 0 Å². The number of anilines is 1. The zero-order valence-corrected chi connectivity index (χ0v) is 19.3. The first-order valence-electron chi connectivity index (χ1n) is 9.47.